The van der Waals surface area contributed by atoms with Gasteiger partial charge in [-0.15, -0.1) is 11.3 Å². The first kappa shape index (κ1) is 12.4. The standard InChI is InChI=1S/C10H18N2O2S/c1-3-9-8-15-10(11-9)12(4-6-13)5-7-14-2/h8,13H,3-7H2,1-2H3. The molecule has 1 rings (SSSR count). The Hall–Kier alpha value is -0.650. The van der Waals surface area contributed by atoms with Crippen molar-refractivity contribution in [1.29, 1.82) is 0 Å². The summed E-state index contributed by atoms with van der Waals surface area (Å²) in [6, 6.07) is 0. The van der Waals surface area contributed by atoms with Gasteiger partial charge in [-0.25, -0.2) is 4.98 Å². The monoisotopic (exact) mass is 230 g/mol. The molecule has 0 radical (unpaired) electrons. The molecule has 5 heteroatoms. The maximum Gasteiger partial charge on any atom is 0.185 e. The van der Waals surface area contributed by atoms with Crippen LogP contribution in [0.4, 0.5) is 5.13 Å². The number of rotatable bonds is 7. The van der Waals surface area contributed by atoms with Gasteiger partial charge >= 0.3 is 0 Å². The molecule has 0 amide bonds. The largest absolute Gasteiger partial charge is 0.395 e. The molecule has 86 valence electrons. The maximum absolute atomic E-state index is 8.96. The average Bonchev–Trinajstić information content (AvgIpc) is 2.72. The highest BCUT2D eigenvalue weighted by atomic mass is 32.1. The van der Waals surface area contributed by atoms with Crippen LogP contribution in [0.15, 0.2) is 5.38 Å². The van der Waals surface area contributed by atoms with Gasteiger partial charge in [0.25, 0.3) is 0 Å². The second kappa shape index (κ2) is 6.76. The van der Waals surface area contributed by atoms with Crippen molar-refractivity contribution in [2.45, 2.75) is 13.3 Å². The van der Waals surface area contributed by atoms with E-state index in [4.69, 9.17) is 9.84 Å². The van der Waals surface area contributed by atoms with Gasteiger partial charge in [-0.2, -0.15) is 0 Å². The lowest BCUT2D eigenvalue weighted by atomic mass is 10.4. The van der Waals surface area contributed by atoms with E-state index in [0.29, 0.717) is 13.2 Å². The number of hydrogen-bond acceptors (Lipinski definition) is 5. The SMILES string of the molecule is CCc1csc(N(CCO)CCOC)n1. The van der Waals surface area contributed by atoms with Gasteiger partial charge in [0.15, 0.2) is 5.13 Å². The van der Waals surface area contributed by atoms with Crippen LogP contribution in [-0.2, 0) is 11.2 Å². The minimum absolute atomic E-state index is 0.144. The van der Waals surface area contributed by atoms with Crippen LogP contribution in [0.3, 0.4) is 0 Å². The molecule has 1 aromatic heterocycles. The molecule has 4 nitrogen and oxygen atoms in total. The van der Waals surface area contributed by atoms with Crippen molar-refractivity contribution in [3.63, 3.8) is 0 Å². The molecule has 0 aliphatic rings. The van der Waals surface area contributed by atoms with Gasteiger partial charge < -0.3 is 14.7 Å². The van der Waals surface area contributed by atoms with Crippen molar-refractivity contribution in [1.82, 2.24) is 4.98 Å². The van der Waals surface area contributed by atoms with Crippen LogP contribution in [-0.4, -0.2) is 43.5 Å². The van der Waals surface area contributed by atoms with Crippen molar-refractivity contribution >= 4 is 16.5 Å². The van der Waals surface area contributed by atoms with Crippen molar-refractivity contribution < 1.29 is 9.84 Å². The second-order valence-corrected chi connectivity index (χ2v) is 4.01. The lowest BCUT2D eigenvalue weighted by Gasteiger charge is -2.19. The molecule has 0 unspecified atom stereocenters. The molecule has 1 heterocycles. The number of aliphatic hydroxyl groups excluding tert-OH is 1. The van der Waals surface area contributed by atoms with Gasteiger partial charge in [-0.3, -0.25) is 0 Å². The summed E-state index contributed by atoms with van der Waals surface area (Å²) >= 11 is 1.62. The number of nitrogens with zero attached hydrogens (tertiary/aromatic N) is 2. The van der Waals surface area contributed by atoms with E-state index in [2.05, 4.69) is 17.3 Å². The number of aromatic nitrogens is 1. The molecule has 0 fully saturated rings. The smallest absolute Gasteiger partial charge is 0.185 e. The molecule has 15 heavy (non-hydrogen) atoms. The Balaban J connectivity index is 2.60. The van der Waals surface area contributed by atoms with E-state index in [9.17, 15) is 0 Å². The number of anilines is 1. The van der Waals surface area contributed by atoms with Crippen LogP contribution in [0.25, 0.3) is 0 Å². The minimum atomic E-state index is 0.144. The summed E-state index contributed by atoms with van der Waals surface area (Å²) in [5.74, 6) is 0. The fourth-order valence-corrected chi connectivity index (χ4v) is 2.19. The first-order valence-electron chi connectivity index (χ1n) is 5.11. The molecule has 0 spiro atoms. The lowest BCUT2D eigenvalue weighted by Crippen LogP contribution is -2.30. The fraction of sp³-hybridized carbons (Fsp3) is 0.700. The van der Waals surface area contributed by atoms with E-state index in [1.807, 2.05) is 4.90 Å². The van der Waals surface area contributed by atoms with Gasteiger partial charge in [-0.1, -0.05) is 6.92 Å². The third kappa shape index (κ3) is 3.77. The molecule has 0 saturated heterocycles. The van der Waals surface area contributed by atoms with E-state index in [1.54, 1.807) is 18.4 Å². The summed E-state index contributed by atoms with van der Waals surface area (Å²) in [6.07, 6.45) is 0.952. The molecule has 0 aliphatic heterocycles. The maximum atomic E-state index is 8.96. The molecule has 0 aliphatic carbocycles. The Morgan fingerprint density at radius 2 is 2.33 bits per heavy atom. The van der Waals surface area contributed by atoms with Gasteiger partial charge in [0, 0.05) is 25.6 Å². The molecule has 0 bridgehead atoms. The molecule has 0 saturated carbocycles. The van der Waals surface area contributed by atoms with E-state index in [-0.39, 0.29) is 6.61 Å². The zero-order valence-corrected chi connectivity index (χ0v) is 10.1. The zero-order chi connectivity index (χ0) is 11.1. The number of hydrogen-bond donors (Lipinski definition) is 1. The Morgan fingerprint density at radius 1 is 1.53 bits per heavy atom. The van der Waals surface area contributed by atoms with Gasteiger partial charge in [-0.05, 0) is 6.42 Å². The van der Waals surface area contributed by atoms with Gasteiger partial charge in [0.05, 0.1) is 18.9 Å². The highest BCUT2D eigenvalue weighted by Crippen LogP contribution is 2.20. The molecular formula is C10H18N2O2S. The Bertz CT molecular complexity index is 278. The summed E-state index contributed by atoms with van der Waals surface area (Å²) in [5, 5.41) is 12.0. The topological polar surface area (TPSA) is 45.6 Å². The zero-order valence-electron chi connectivity index (χ0n) is 9.27. The average molecular weight is 230 g/mol. The van der Waals surface area contributed by atoms with Crippen molar-refractivity contribution in [3.05, 3.63) is 11.1 Å². The Kier molecular flexibility index (Phi) is 5.60. The predicted octanol–water partition coefficient (Wildman–Crippen LogP) is 1.15. The number of aryl methyl sites for hydroxylation is 1. The molecule has 0 aromatic carbocycles. The van der Waals surface area contributed by atoms with Crippen molar-refractivity contribution in [2.24, 2.45) is 0 Å². The van der Waals surface area contributed by atoms with E-state index < -0.39 is 0 Å². The Morgan fingerprint density at radius 3 is 2.87 bits per heavy atom. The number of ether oxygens (including phenoxy) is 1. The quantitative estimate of drug-likeness (QED) is 0.763. The normalized spacial score (nSPS) is 10.6. The van der Waals surface area contributed by atoms with Gasteiger partial charge in [0.1, 0.15) is 0 Å². The second-order valence-electron chi connectivity index (χ2n) is 3.18. The van der Waals surface area contributed by atoms with Crippen molar-refractivity contribution in [2.75, 3.05) is 38.3 Å². The summed E-state index contributed by atoms with van der Waals surface area (Å²) in [6.45, 7) is 4.27. The number of methoxy groups -OCH3 is 1. The first-order chi connectivity index (χ1) is 7.31. The molecular weight excluding hydrogens is 212 g/mol. The number of thiazole rings is 1. The van der Waals surface area contributed by atoms with Crippen LogP contribution < -0.4 is 4.90 Å². The van der Waals surface area contributed by atoms with E-state index in [0.717, 1.165) is 23.8 Å². The third-order valence-electron chi connectivity index (χ3n) is 2.11. The molecule has 1 aromatic rings. The lowest BCUT2D eigenvalue weighted by molar-refractivity contribution is 0.203. The highest BCUT2D eigenvalue weighted by Gasteiger charge is 2.09. The first-order valence-corrected chi connectivity index (χ1v) is 5.99. The highest BCUT2D eigenvalue weighted by molar-refractivity contribution is 7.13. The van der Waals surface area contributed by atoms with Crippen LogP contribution in [0, 0.1) is 0 Å². The summed E-state index contributed by atoms with van der Waals surface area (Å²) in [5.41, 5.74) is 1.11. The van der Waals surface area contributed by atoms with E-state index >= 15 is 0 Å². The number of aliphatic hydroxyl groups is 1. The van der Waals surface area contributed by atoms with Gasteiger partial charge in [0.2, 0.25) is 0 Å². The van der Waals surface area contributed by atoms with Crippen LogP contribution >= 0.6 is 11.3 Å². The predicted molar refractivity (Wildman–Crippen MR) is 62.7 cm³/mol. The molecule has 0 atom stereocenters. The minimum Gasteiger partial charge on any atom is -0.395 e. The van der Waals surface area contributed by atoms with Crippen LogP contribution in [0.2, 0.25) is 0 Å². The fourth-order valence-electron chi connectivity index (χ4n) is 1.23. The summed E-state index contributed by atoms with van der Waals surface area (Å²) in [7, 11) is 1.68. The van der Waals surface area contributed by atoms with Crippen LogP contribution in [0.5, 0.6) is 0 Å². The van der Waals surface area contributed by atoms with Crippen molar-refractivity contribution in [3.8, 4) is 0 Å². The third-order valence-corrected chi connectivity index (χ3v) is 3.06. The summed E-state index contributed by atoms with van der Waals surface area (Å²) in [4.78, 5) is 6.53. The van der Waals surface area contributed by atoms with E-state index in [1.165, 1.54) is 0 Å². The Labute approximate surface area is 94.5 Å². The van der Waals surface area contributed by atoms with Crippen LogP contribution in [0.1, 0.15) is 12.6 Å². The molecule has 1 N–H and O–H groups in total. The summed E-state index contributed by atoms with van der Waals surface area (Å²) < 4.78 is 5.03.